The summed E-state index contributed by atoms with van der Waals surface area (Å²) in [6.45, 7) is 0.257. The maximum atomic E-state index is 13.5. The molecule has 0 saturated carbocycles. The number of hydrogen-bond acceptors (Lipinski definition) is 5. The molecule has 0 aliphatic carbocycles. The van der Waals surface area contributed by atoms with Gasteiger partial charge in [0.2, 0.25) is 5.60 Å². The van der Waals surface area contributed by atoms with Gasteiger partial charge in [0.15, 0.2) is 5.75 Å². The van der Waals surface area contributed by atoms with Gasteiger partial charge in [-0.2, -0.15) is 18.4 Å². The standard InChI is InChI=1S/C18H15F4N3O2/c1-16(7-23)9-27-15-12(16)6-13(17(26,8-24)18(20,21)22)25-14(15)10-2-4-11(19)5-3-10/h2-6,26H,8-9,24H2,1H3/t16-,17?/m1/s1. The second-order valence-corrected chi connectivity index (χ2v) is 6.53. The number of benzene rings is 1. The fraction of sp³-hybridized carbons (Fsp3) is 0.333. The van der Waals surface area contributed by atoms with Crippen molar-refractivity contribution in [2.24, 2.45) is 5.73 Å². The largest absolute Gasteiger partial charge is 0.489 e. The van der Waals surface area contributed by atoms with E-state index in [4.69, 9.17) is 10.5 Å². The van der Waals surface area contributed by atoms with Crippen LogP contribution in [0.1, 0.15) is 18.2 Å². The maximum absolute atomic E-state index is 13.5. The van der Waals surface area contributed by atoms with Crippen LogP contribution in [0, 0.1) is 17.1 Å². The molecule has 0 amide bonds. The zero-order valence-corrected chi connectivity index (χ0v) is 14.1. The summed E-state index contributed by atoms with van der Waals surface area (Å²) in [5, 5.41) is 19.7. The number of aromatic nitrogens is 1. The van der Waals surface area contributed by atoms with E-state index in [-0.39, 0.29) is 29.2 Å². The fourth-order valence-corrected chi connectivity index (χ4v) is 2.86. The quantitative estimate of drug-likeness (QED) is 0.798. The Labute approximate surface area is 152 Å². The zero-order chi connectivity index (χ0) is 20.0. The summed E-state index contributed by atoms with van der Waals surface area (Å²) in [5.74, 6) is -0.418. The van der Waals surface area contributed by atoms with Gasteiger partial charge in [-0.05, 0) is 37.3 Å². The summed E-state index contributed by atoms with van der Waals surface area (Å²) in [5.41, 5.74) is 0.239. The number of hydrogen-bond donors (Lipinski definition) is 2. The molecule has 1 unspecified atom stereocenters. The molecule has 0 saturated heterocycles. The van der Waals surface area contributed by atoms with Gasteiger partial charge in [-0.25, -0.2) is 9.37 Å². The van der Waals surface area contributed by atoms with Crippen molar-refractivity contribution >= 4 is 0 Å². The Hall–Kier alpha value is -2.70. The summed E-state index contributed by atoms with van der Waals surface area (Å²) in [6.07, 6.45) is -5.09. The molecular weight excluding hydrogens is 366 g/mol. The molecule has 2 heterocycles. The lowest BCUT2D eigenvalue weighted by molar-refractivity contribution is -0.263. The molecule has 142 valence electrons. The van der Waals surface area contributed by atoms with Crippen molar-refractivity contribution in [3.05, 3.63) is 47.4 Å². The molecule has 27 heavy (non-hydrogen) atoms. The highest BCUT2D eigenvalue weighted by atomic mass is 19.4. The summed E-state index contributed by atoms with van der Waals surface area (Å²) in [7, 11) is 0. The van der Waals surface area contributed by atoms with Crippen molar-refractivity contribution in [2.45, 2.75) is 24.1 Å². The number of halogens is 4. The number of rotatable bonds is 3. The van der Waals surface area contributed by atoms with E-state index < -0.39 is 35.2 Å². The predicted molar refractivity (Wildman–Crippen MR) is 87.1 cm³/mol. The number of fused-ring (bicyclic) bond motifs is 1. The third-order valence-electron chi connectivity index (χ3n) is 4.63. The van der Waals surface area contributed by atoms with Crippen LogP contribution < -0.4 is 10.5 Å². The molecule has 1 aromatic carbocycles. The van der Waals surface area contributed by atoms with Gasteiger partial charge in [-0.3, -0.25) is 0 Å². The molecule has 1 aromatic heterocycles. The first kappa shape index (κ1) is 19.1. The molecule has 0 bridgehead atoms. The third-order valence-corrected chi connectivity index (χ3v) is 4.63. The van der Waals surface area contributed by atoms with Gasteiger partial charge in [0.1, 0.15) is 23.5 Å². The van der Waals surface area contributed by atoms with Crippen LogP contribution in [0.25, 0.3) is 11.3 Å². The first-order chi connectivity index (χ1) is 12.6. The second kappa shape index (κ2) is 6.18. The van der Waals surface area contributed by atoms with E-state index in [9.17, 15) is 27.9 Å². The monoisotopic (exact) mass is 381 g/mol. The van der Waals surface area contributed by atoms with Crippen molar-refractivity contribution in [3.63, 3.8) is 0 Å². The van der Waals surface area contributed by atoms with Crippen molar-refractivity contribution in [3.8, 4) is 23.1 Å². The lowest BCUT2D eigenvalue weighted by Gasteiger charge is -2.29. The molecule has 1 aliphatic heterocycles. The van der Waals surface area contributed by atoms with Crippen LogP contribution in [-0.4, -0.2) is 29.4 Å². The SMILES string of the molecule is C[C@@]1(C#N)COc2c1cc(C(O)(CN)C(F)(F)F)nc2-c1ccc(F)cc1. The van der Waals surface area contributed by atoms with E-state index in [1.165, 1.54) is 19.1 Å². The van der Waals surface area contributed by atoms with Crippen LogP contribution in [0.5, 0.6) is 5.75 Å². The Morgan fingerprint density at radius 3 is 2.48 bits per heavy atom. The van der Waals surface area contributed by atoms with Crippen LogP contribution in [0.15, 0.2) is 30.3 Å². The predicted octanol–water partition coefficient (Wildman–Crippen LogP) is 2.77. The highest BCUT2D eigenvalue weighted by Crippen LogP contribution is 2.47. The Morgan fingerprint density at radius 2 is 1.96 bits per heavy atom. The van der Waals surface area contributed by atoms with Gasteiger partial charge in [-0.1, -0.05) is 0 Å². The fourth-order valence-electron chi connectivity index (χ4n) is 2.86. The Morgan fingerprint density at radius 1 is 1.33 bits per heavy atom. The van der Waals surface area contributed by atoms with Crippen molar-refractivity contribution in [2.75, 3.05) is 13.2 Å². The number of pyridine rings is 1. The third kappa shape index (κ3) is 2.91. The summed E-state index contributed by atoms with van der Waals surface area (Å²) < 4.78 is 59.2. The van der Waals surface area contributed by atoms with E-state index in [0.29, 0.717) is 0 Å². The minimum atomic E-state index is -5.09. The van der Waals surface area contributed by atoms with Gasteiger partial charge in [-0.15, -0.1) is 0 Å². The van der Waals surface area contributed by atoms with Crippen LogP contribution in [0.4, 0.5) is 17.6 Å². The lowest BCUT2D eigenvalue weighted by Crippen LogP contribution is -2.49. The van der Waals surface area contributed by atoms with Gasteiger partial charge in [0, 0.05) is 17.7 Å². The van der Waals surface area contributed by atoms with Crippen molar-refractivity contribution in [1.82, 2.24) is 4.98 Å². The Balaban J connectivity index is 2.32. The number of nitrogens with two attached hydrogens (primary N) is 1. The molecule has 3 N–H and O–H groups in total. The van der Waals surface area contributed by atoms with E-state index in [1.54, 1.807) is 0 Å². The molecule has 2 atom stereocenters. The molecule has 0 fully saturated rings. The number of alkyl halides is 3. The Bertz CT molecular complexity index is 924. The summed E-state index contributed by atoms with van der Waals surface area (Å²) in [6, 6.07) is 7.89. The zero-order valence-electron chi connectivity index (χ0n) is 14.1. The normalized spacial score (nSPS) is 21.1. The first-order valence-electron chi connectivity index (χ1n) is 7.91. The van der Waals surface area contributed by atoms with E-state index in [1.807, 2.05) is 6.07 Å². The van der Waals surface area contributed by atoms with Gasteiger partial charge in [0.25, 0.3) is 0 Å². The van der Waals surface area contributed by atoms with E-state index in [2.05, 4.69) is 4.98 Å². The smallest absolute Gasteiger partial charge is 0.424 e. The van der Waals surface area contributed by atoms with E-state index >= 15 is 0 Å². The van der Waals surface area contributed by atoms with Gasteiger partial charge in [0.05, 0.1) is 11.8 Å². The van der Waals surface area contributed by atoms with Gasteiger partial charge >= 0.3 is 6.18 Å². The molecule has 2 aromatic rings. The molecule has 0 spiro atoms. The average molecular weight is 381 g/mol. The summed E-state index contributed by atoms with van der Waals surface area (Å²) in [4.78, 5) is 3.95. The highest BCUT2D eigenvalue weighted by Gasteiger charge is 2.56. The first-order valence-corrected chi connectivity index (χ1v) is 7.91. The topological polar surface area (TPSA) is 92.2 Å². The molecule has 5 nitrogen and oxygen atoms in total. The average Bonchev–Trinajstić information content (AvgIpc) is 2.98. The van der Waals surface area contributed by atoms with Crippen molar-refractivity contribution in [1.29, 1.82) is 5.26 Å². The van der Waals surface area contributed by atoms with Crippen LogP contribution in [0.3, 0.4) is 0 Å². The minimum Gasteiger partial charge on any atom is -0.489 e. The number of nitrogens with zero attached hydrogens (tertiary/aromatic N) is 2. The molecule has 9 heteroatoms. The lowest BCUT2D eigenvalue weighted by atomic mass is 9.83. The highest BCUT2D eigenvalue weighted by molar-refractivity contribution is 5.71. The van der Waals surface area contributed by atoms with Crippen molar-refractivity contribution < 1.29 is 27.4 Å². The van der Waals surface area contributed by atoms with Crippen LogP contribution >= 0.6 is 0 Å². The molecule has 0 radical (unpaired) electrons. The minimum absolute atomic E-state index is 0.0300. The number of nitriles is 1. The van der Waals surface area contributed by atoms with Crippen LogP contribution in [-0.2, 0) is 11.0 Å². The molecular formula is C18H15F4N3O2. The molecule has 3 rings (SSSR count). The second-order valence-electron chi connectivity index (χ2n) is 6.53. The summed E-state index contributed by atoms with van der Waals surface area (Å²) >= 11 is 0. The van der Waals surface area contributed by atoms with Crippen LogP contribution in [0.2, 0.25) is 0 Å². The number of aliphatic hydroxyl groups is 1. The van der Waals surface area contributed by atoms with Gasteiger partial charge < -0.3 is 15.6 Å². The van der Waals surface area contributed by atoms with E-state index in [0.717, 1.165) is 18.2 Å². The maximum Gasteiger partial charge on any atom is 0.424 e. The Kier molecular flexibility index (Phi) is 4.37. The molecule has 1 aliphatic rings. The number of ether oxygens (including phenoxy) is 1.